The van der Waals surface area contributed by atoms with Crippen LogP contribution in [0.4, 0.5) is 11.6 Å². The monoisotopic (exact) mass is 342 g/mol. The Hall–Kier alpha value is -2.71. The van der Waals surface area contributed by atoms with Crippen molar-refractivity contribution in [3.63, 3.8) is 0 Å². The maximum atomic E-state index is 4.77. The summed E-state index contributed by atoms with van der Waals surface area (Å²) in [5, 5.41) is 15.4. The normalized spacial score (nSPS) is 15.1. The Balaban J connectivity index is 1.56. The molecule has 9 nitrogen and oxygen atoms in total. The van der Waals surface area contributed by atoms with Gasteiger partial charge in [0.15, 0.2) is 11.6 Å². The van der Waals surface area contributed by atoms with Crippen LogP contribution in [0, 0.1) is 0 Å². The zero-order valence-electron chi connectivity index (χ0n) is 14.5. The summed E-state index contributed by atoms with van der Waals surface area (Å²) in [4.78, 5) is 11.3. The van der Waals surface area contributed by atoms with Gasteiger partial charge in [-0.25, -0.2) is 14.6 Å². The van der Waals surface area contributed by atoms with Crippen LogP contribution in [-0.2, 0) is 13.5 Å². The highest BCUT2D eigenvalue weighted by Gasteiger charge is 2.21. The quantitative estimate of drug-likeness (QED) is 0.724. The van der Waals surface area contributed by atoms with Crippen molar-refractivity contribution in [2.45, 2.75) is 38.1 Å². The first-order chi connectivity index (χ1) is 12.2. The number of fused-ring (bicyclic) bond motifs is 1. The van der Waals surface area contributed by atoms with Gasteiger partial charge in [0.25, 0.3) is 0 Å². The van der Waals surface area contributed by atoms with Crippen molar-refractivity contribution < 1.29 is 4.63 Å². The van der Waals surface area contributed by atoms with E-state index in [-0.39, 0.29) is 0 Å². The fraction of sp³-hybridized carbons (Fsp3) is 0.562. The summed E-state index contributed by atoms with van der Waals surface area (Å²) in [5.41, 5.74) is 2.06. The van der Waals surface area contributed by atoms with Crippen LogP contribution < -0.4 is 10.2 Å². The van der Waals surface area contributed by atoms with Gasteiger partial charge < -0.3 is 10.2 Å². The molecule has 1 aliphatic rings. The van der Waals surface area contributed by atoms with Gasteiger partial charge in [-0.3, -0.25) is 4.68 Å². The fourth-order valence-corrected chi connectivity index (χ4v) is 3.26. The number of hydrogen-bond acceptors (Lipinski definition) is 8. The lowest BCUT2D eigenvalue weighted by Crippen LogP contribution is -2.25. The van der Waals surface area contributed by atoms with Gasteiger partial charge in [0, 0.05) is 32.9 Å². The molecule has 1 N–H and O–H groups in total. The number of rotatable bonds is 6. The fourth-order valence-electron chi connectivity index (χ4n) is 3.26. The second-order valence-electron chi connectivity index (χ2n) is 6.63. The molecule has 0 bridgehead atoms. The number of nitrogens with one attached hydrogen (secondary N) is 1. The van der Waals surface area contributed by atoms with Crippen molar-refractivity contribution in [1.82, 2.24) is 30.1 Å². The zero-order valence-corrected chi connectivity index (χ0v) is 14.5. The molecule has 1 aliphatic carbocycles. The predicted molar refractivity (Wildman–Crippen MR) is 93.5 cm³/mol. The minimum absolute atomic E-state index is 0.431. The molecular formula is C16H22N8O. The average Bonchev–Trinajstić information content (AvgIpc) is 3.34. The van der Waals surface area contributed by atoms with Gasteiger partial charge in [-0.2, -0.15) is 5.10 Å². The van der Waals surface area contributed by atoms with Crippen LogP contribution in [0.2, 0.25) is 0 Å². The molecule has 3 aromatic rings. The molecule has 0 unspecified atom stereocenters. The predicted octanol–water partition coefficient (Wildman–Crippen LogP) is 1.78. The Morgan fingerprint density at radius 2 is 2.00 bits per heavy atom. The van der Waals surface area contributed by atoms with Crippen LogP contribution in [0.1, 0.15) is 31.2 Å². The molecular weight excluding hydrogens is 320 g/mol. The third kappa shape index (κ3) is 3.40. The summed E-state index contributed by atoms with van der Waals surface area (Å²) < 4.78 is 6.59. The van der Waals surface area contributed by atoms with Crippen molar-refractivity contribution >= 4 is 22.9 Å². The van der Waals surface area contributed by atoms with Crippen molar-refractivity contribution in [3.8, 4) is 0 Å². The highest BCUT2D eigenvalue weighted by molar-refractivity contribution is 5.74. The first-order valence-corrected chi connectivity index (χ1v) is 8.64. The van der Waals surface area contributed by atoms with Gasteiger partial charge in [0.2, 0.25) is 11.3 Å². The van der Waals surface area contributed by atoms with E-state index in [9.17, 15) is 0 Å². The molecule has 1 fully saturated rings. The lowest BCUT2D eigenvalue weighted by Gasteiger charge is -2.22. The summed E-state index contributed by atoms with van der Waals surface area (Å²) in [6.45, 7) is 0.802. The van der Waals surface area contributed by atoms with E-state index in [0.29, 0.717) is 17.3 Å². The van der Waals surface area contributed by atoms with Crippen LogP contribution in [0.15, 0.2) is 17.0 Å². The zero-order chi connectivity index (χ0) is 17.2. The first kappa shape index (κ1) is 15.8. The molecule has 0 aromatic carbocycles. The van der Waals surface area contributed by atoms with Gasteiger partial charge >= 0.3 is 0 Å². The number of nitrogens with zero attached hydrogens (tertiary/aromatic N) is 7. The maximum absolute atomic E-state index is 4.77. The molecule has 0 radical (unpaired) electrons. The molecule has 0 amide bonds. The van der Waals surface area contributed by atoms with Crippen molar-refractivity contribution in [2.75, 3.05) is 23.8 Å². The first-order valence-electron chi connectivity index (χ1n) is 8.64. The lowest BCUT2D eigenvalue weighted by molar-refractivity contribution is 0.314. The second kappa shape index (κ2) is 6.66. The van der Waals surface area contributed by atoms with Gasteiger partial charge in [0.1, 0.15) is 0 Å². The van der Waals surface area contributed by atoms with Crippen LogP contribution >= 0.6 is 0 Å². The molecule has 1 saturated carbocycles. The number of aromatic nitrogens is 6. The minimum atomic E-state index is 0.431. The Morgan fingerprint density at radius 3 is 2.72 bits per heavy atom. The molecule has 3 aromatic heterocycles. The number of aryl methyl sites for hydroxylation is 1. The van der Waals surface area contributed by atoms with E-state index in [1.807, 2.05) is 31.2 Å². The van der Waals surface area contributed by atoms with Gasteiger partial charge in [-0.15, -0.1) is 0 Å². The smallest absolute Gasteiger partial charge is 0.245 e. The molecule has 9 heteroatoms. The average molecular weight is 342 g/mol. The van der Waals surface area contributed by atoms with Crippen molar-refractivity contribution in [2.24, 2.45) is 7.05 Å². The number of likely N-dealkylation sites (N-methyl/N-ethyl adjacent to an activating group) is 1. The molecule has 0 atom stereocenters. The van der Waals surface area contributed by atoms with E-state index in [4.69, 9.17) is 4.63 Å². The largest absolute Gasteiger partial charge is 0.364 e. The van der Waals surface area contributed by atoms with E-state index in [1.165, 1.54) is 18.4 Å². The van der Waals surface area contributed by atoms with E-state index in [1.54, 1.807) is 0 Å². The summed E-state index contributed by atoms with van der Waals surface area (Å²) in [7, 11) is 3.94. The topological polar surface area (TPSA) is 97.8 Å². The summed E-state index contributed by atoms with van der Waals surface area (Å²) in [6, 6.07) is 0.442. The Kier molecular flexibility index (Phi) is 4.21. The molecule has 132 valence electrons. The third-order valence-corrected chi connectivity index (χ3v) is 4.65. The highest BCUT2D eigenvalue weighted by Crippen LogP contribution is 2.27. The molecule has 0 saturated heterocycles. The lowest BCUT2D eigenvalue weighted by atomic mass is 10.2. The standard InChI is InChI=1S/C16H22N8O/c1-23(8-7-11-9-17-24(2)10-11)16-15(18-12-5-3-4-6-12)19-13-14(20-16)22-25-21-13/h9-10,12H,3-8H2,1-2H3,(H,18,19,21). The van der Waals surface area contributed by atoms with Gasteiger partial charge in [-0.1, -0.05) is 12.8 Å². The second-order valence-corrected chi connectivity index (χ2v) is 6.63. The van der Waals surface area contributed by atoms with E-state index in [2.05, 4.69) is 35.6 Å². The van der Waals surface area contributed by atoms with Crippen molar-refractivity contribution in [1.29, 1.82) is 0 Å². The summed E-state index contributed by atoms with van der Waals surface area (Å²) in [6.07, 6.45) is 9.63. The maximum Gasteiger partial charge on any atom is 0.245 e. The van der Waals surface area contributed by atoms with Crippen LogP contribution in [0.5, 0.6) is 0 Å². The van der Waals surface area contributed by atoms with Crippen LogP contribution in [0.25, 0.3) is 11.3 Å². The highest BCUT2D eigenvalue weighted by atomic mass is 16.6. The van der Waals surface area contributed by atoms with Crippen LogP contribution in [0.3, 0.4) is 0 Å². The van der Waals surface area contributed by atoms with Gasteiger partial charge in [0.05, 0.1) is 6.20 Å². The van der Waals surface area contributed by atoms with Crippen molar-refractivity contribution in [3.05, 3.63) is 18.0 Å². The van der Waals surface area contributed by atoms with E-state index >= 15 is 0 Å². The molecule has 0 aliphatic heterocycles. The third-order valence-electron chi connectivity index (χ3n) is 4.65. The number of hydrogen-bond donors (Lipinski definition) is 1. The Labute approximate surface area is 145 Å². The minimum Gasteiger partial charge on any atom is -0.364 e. The van der Waals surface area contributed by atoms with E-state index < -0.39 is 0 Å². The molecule has 4 rings (SSSR count). The Morgan fingerprint density at radius 1 is 1.24 bits per heavy atom. The van der Waals surface area contributed by atoms with E-state index in [0.717, 1.165) is 37.4 Å². The molecule has 25 heavy (non-hydrogen) atoms. The van der Waals surface area contributed by atoms with Crippen LogP contribution in [-0.4, -0.2) is 49.7 Å². The molecule has 3 heterocycles. The number of anilines is 2. The SMILES string of the molecule is CN(CCc1cnn(C)c1)c1nc2nonc2nc1NC1CCCC1. The summed E-state index contributed by atoms with van der Waals surface area (Å²) in [5.74, 6) is 1.53. The summed E-state index contributed by atoms with van der Waals surface area (Å²) >= 11 is 0. The van der Waals surface area contributed by atoms with Gasteiger partial charge in [-0.05, 0) is 35.1 Å². The molecule has 0 spiro atoms. The Bertz CT molecular complexity index is 851.